The molecule has 0 N–H and O–H groups in total. The molecule has 1 aliphatic rings. The molecule has 2 aromatic carbocycles. The largest absolute Gasteiger partial charge is 0.371 e. The molecule has 3 aromatic rings. The zero-order valence-corrected chi connectivity index (χ0v) is 16.3. The summed E-state index contributed by atoms with van der Waals surface area (Å²) in [5.41, 5.74) is 5.32. The number of aryl methyl sites for hydroxylation is 3. The number of piperidine rings is 1. The quantitative estimate of drug-likeness (QED) is 0.585. The molecule has 2 heterocycles. The van der Waals surface area contributed by atoms with Crippen molar-refractivity contribution >= 4 is 28.9 Å². The van der Waals surface area contributed by atoms with Crippen LogP contribution in [0.5, 0.6) is 0 Å². The molecule has 0 saturated carbocycles. The number of fused-ring (bicyclic) bond motifs is 1. The van der Waals surface area contributed by atoms with Crippen LogP contribution in [0.2, 0.25) is 0 Å². The number of rotatable bonds is 4. The molecular formula is C23H27ClN2. The lowest BCUT2D eigenvalue weighted by Gasteiger charge is -2.30. The molecule has 0 amide bonds. The van der Waals surface area contributed by atoms with Crippen molar-refractivity contribution in [1.82, 2.24) is 4.98 Å². The highest BCUT2D eigenvalue weighted by Crippen LogP contribution is 2.25. The van der Waals surface area contributed by atoms with E-state index in [2.05, 4.69) is 66.6 Å². The Bertz CT molecular complexity index is 864. The van der Waals surface area contributed by atoms with Gasteiger partial charge < -0.3 is 4.90 Å². The van der Waals surface area contributed by atoms with Crippen molar-refractivity contribution in [3.8, 4) is 0 Å². The number of hydrogen-bond donors (Lipinski definition) is 0. The number of anilines is 1. The van der Waals surface area contributed by atoms with Crippen LogP contribution in [0, 0.1) is 6.92 Å². The Morgan fingerprint density at radius 1 is 0.923 bits per heavy atom. The van der Waals surface area contributed by atoms with Crippen LogP contribution >= 0.6 is 12.4 Å². The van der Waals surface area contributed by atoms with E-state index in [-0.39, 0.29) is 12.4 Å². The van der Waals surface area contributed by atoms with E-state index in [1.165, 1.54) is 65.6 Å². The molecule has 1 fully saturated rings. The van der Waals surface area contributed by atoms with E-state index >= 15 is 0 Å². The monoisotopic (exact) mass is 366 g/mol. The van der Waals surface area contributed by atoms with Crippen molar-refractivity contribution in [1.29, 1.82) is 0 Å². The van der Waals surface area contributed by atoms with Crippen molar-refractivity contribution in [3.63, 3.8) is 0 Å². The van der Waals surface area contributed by atoms with Crippen molar-refractivity contribution in [2.75, 3.05) is 18.0 Å². The van der Waals surface area contributed by atoms with Gasteiger partial charge in [-0.25, -0.2) is 0 Å². The molecule has 26 heavy (non-hydrogen) atoms. The van der Waals surface area contributed by atoms with Gasteiger partial charge in [0.2, 0.25) is 0 Å². The fraction of sp³-hybridized carbons (Fsp3) is 0.348. The lowest BCUT2D eigenvalue weighted by molar-refractivity contribution is 0.576. The molecule has 0 atom stereocenters. The van der Waals surface area contributed by atoms with Crippen LogP contribution < -0.4 is 4.90 Å². The summed E-state index contributed by atoms with van der Waals surface area (Å²) in [7, 11) is 0. The van der Waals surface area contributed by atoms with Gasteiger partial charge in [0.05, 0.1) is 0 Å². The first-order chi connectivity index (χ1) is 12.3. The lowest BCUT2D eigenvalue weighted by Crippen LogP contribution is -2.30. The summed E-state index contributed by atoms with van der Waals surface area (Å²) in [6, 6.07) is 17.6. The summed E-state index contributed by atoms with van der Waals surface area (Å²) in [5.74, 6) is 0. The van der Waals surface area contributed by atoms with Crippen LogP contribution in [0.1, 0.15) is 36.1 Å². The van der Waals surface area contributed by atoms with Crippen LogP contribution in [0.15, 0.2) is 54.7 Å². The van der Waals surface area contributed by atoms with Crippen LogP contribution in [0.25, 0.3) is 10.8 Å². The second kappa shape index (κ2) is 8.55. The molecule has 0 spiro atoms. The lowest BCUT2D eigenvalue weighted by atomic mass is 9.99. The molecule has 2 nitrogen and oxygen atoms in total. The van der Waals surface area contributed by atoms with Gasteiger partial charge in [-0.1, -0.05) is 42.5 Å². The SMILES string of the molecule is Cc1cnc(CCc2cccc3ccccc23)cc1N1CCCCC1.Cl. The van der Waals surface area contributed by atoms with Gasteiger partial charge in [0.25, 0.3) is 0 Å². The van der Waals surface area contributed by atoms with Gasteiger partial charge in [0, 0.05) is 30.7 Å². The van der Waals surface area contributed by atoms with Crippen molar-refractivity contribution in [2.45, 2.75) is 39.0 Å². The molecule has 0 radical (unpaired) electrons. The molecule has 0 bridgehead atoms. The highest BCUT2D eigenvalue weighted by atomic mass is 35.5. The Hall–Kier alpha value is -2.06. The first-order valence-electron chi connectivity index (χ1n) is 9.48. The van der Waals surface area contributed by atoms with Gasteiger partial charge in [-0.3, -0.25) is 4.98 Å². The Kier molecular flexibility index (Phi) is 6.16. The summed E-state index contributed by atoms with van der Waals surface area (Å²) in [4.78, 5) is 7.25. The van der Waals surface area contributed by atoms with Gasteiger partial charge in [0.1, 0.15) is 0 Å². The Balaban J connectivity index is 0.00000196. The third kappa shape index (κ3) is 4.02. The van der Waals surface area contributed by atoms with Crippen LogP contribution in [-0.4, -0.2) is 18.1 Å². The van der Waals surface area contributed by atoms with E-state index in [9.17, 15) is 0 Å². The second-order valence-corrected chi connectivity index (χ2v) is 7.15. The molecule has 136 valence electrons. The molecule has 3 heteroatoms. The summed E-state index contributed by atoms with van der Waals surface area (Å²) in [5, 5.41) is 2.69. The van der Waals surface area contributed by atoms with Crippen molar-refractivity contribution in [3.05, 3.63) is 71.5 Å². The van der Waals surface area contributed by atoms with E-state index in [1.54, 1.807) is 0 Å². The third-order valence-electron chi connectivity index (χ3n) is 5.36. The predicted molar refractivity (Wildman–Crippen MR) is 114 cm³/mol. The van der Waals surface area contributed by atoms with Crippen LogP contribution in [-0.2, 0) is 12.8 Å². The van der Waals surface area contributed by atoms with E-state index in [4.69, 9.17) is 4.98 Å². The van der Waals surface area contributed by atoms with Gasteiger partial charge in [-0.2, -0.15) is 0 Å². The maximum absolute atomic E-state index is 4.70. The summed E-state index contributed by atoms with van der Waals surface area (Å²) >= 11 is 0. The standard InChI is InChI=1S/C23H26N2.ClH/c1-18-17-24-21(16-23(18)25-14-5-2-6-15-25)13-12-20-10-7-9-19-8-3-4-11-22(19)20;/h3-4,7-11,16-17H,2,5-6,12-15H2,1H3;1H. The summed E-state index contributed by atoms with van der Waals surface area (Å²) in [6.07, 6.45) is 8.09. The number of aromatic nitrogens is 1. The molecular weight excluding hydrogens is 340 g/mol. The normalized spacial score (nSPS) is 14.3. The first-order valence-corrected chi connectivity index (χ1v) is 9.48. The molecule has 1 aromatic heterocycles. The van der Waals surface area contributed by atoms with Crippen LogP contribution in [0.3, 0.4) is 0 Å². The number of benzene rings is 2. The van der Waals surface area contributed by atoms with Gasteiger partial charge in [-0.15, -0.1) is 12.4 Å². The van der Waals surface area contributed by atoms with Crippen molar-refractivity contribution < 1.29 is 0 Å². The van der Waals surface area contributed by atoms with E-state index in [0.29, 0.717) is 0 Å². The Morgan fingerprint density at radius 2 is 1.69 bits per heavy atom. The number of halogens is 1. The molecule has 1 aliphatic heterocycles. The predicted octanol–water partition coefficient (Wildman–Crippen LogP) is 5.74. The molecule has 4 rings (SSSR count). The minimum Gasteiger partial charge on any atom is -0.371 e. The maximum Gasteiger partial charge on any atom is 0.0429 e. The number of pyridine rings is 1. The molecule has 1 saturated heterocycles. The topological polar surface area (TPSA) is 16.1 Å². The van der Waals surface area contributed by atoms with Crippen molar-refractivity contribution in [2.24, 2.45) is 0 Å². The Labute approximate surface area is 162 Å². The minimum atomic E-state index is 0. The van der Waals surface area contributed by atoms with E-state index in [1.807, 2.05) is 0 Å². The average molecular weight is 367 g/mol. The fourth-order valence-electron chi connectivity index (χ4n) is 3.94. The molecule has 0 aliphatic carbocycles. The van der Waals surface area contributed by atoms with Gasteiger partial charge >= 0.3 is 0 Å². The second-order valence-electron chi connectivity index (χ2n) is 7.15. The highest BCUT2D eigenvalue weighted by molar-refractivity contribution is 5.86. The van der Waals surface area contributed by atoms with E-state index < -0.39 is 0 Å². The molecule has 0 unspecified atom stereocenters. The number of nitrogens with zero attached hydrogens (tertiary/aromatic N) is 2. The third-order valence-corrected chi connectivity index (χ3v) is 5.36. The first kappa shape index (κ1) is 18.7. The highest BCUT2D eigenvalue weighted by Gasteiger charge is 2.14. The average Bonchev–Trinajstić information content (AvgIpc) is 2.68. The number of hydrogen-bond acceptors (Lipinski definition) is 2. The summed E-state index contributed by atoms with van der Waals surface area (Å²) < 4.78 is 0. The Morgan fingerprint density at radius 3 is 2.54 bits per heavy atom. The summed E-state index contributed by atoms with van der Waals surface area (Å²) in [6.45, 7) is 4.56. The fourth-order valence-corrected chi connectivity index (χ4v) is 3.94. The van der Waals surface area contributed by atoms with Crippen LogP contribution in [0.4, 0.5) is 5.69 Å². The van der Waals surface area contributed by atoms with E-state index in [0.717, 1.165) is 12.8 Å². The maximum atomic E-state index is 4.70. The van der Waals surface area contributed by atoms with Gasteiger partial charge in [0.15, 0.2) is 0 Å². The zero-order valence-electron chi connectivity index (χ0n) is 15.4. The minimum absolute atomic E-state index is 0. The smallest absolute Gasteiger partial charge is 0.0429 e. The van der Waals surface area contributed by atoms with Gasteiger partial charge in [-0.05, 0) is 67.0 Å². The zero-order chi connectivity index (χ0) is 17.1.